The Kier molecular flexibility index (Phi) is 7.01. The molecule has 0 atom stereocenters. The molecular formula is C13H21NS2. The molecule has 0 amide bonds. The molecule has 0 aromatic heterocycles. The summed E-state index contributed by atoms with van der Waals surface area (Å²) in [6.45, 7) is 2.28. The summed E-state index contributed by atoms with van der Waals surface area (Å²) in [5.74, 6) is 0.979. The molecule has 0 aliphatic rings. The van der Waals surface area contributed by atoms with Gasteiger partial charge in [-0.25, -0.2) is 0 Å². The van der Waals surface area contributed by atoms with Gasteiger partial charge in [0.1, 0.15) is 0 Å². The van der Waals surface area contributed by atoms with E-state index in [9.17, 15) is 0 Å². The quantitative estimate of drug-likeness (QED) is 0.589. The maximum Gasteiger partial charge on any atom is 0.00693 e. The Morgan fingerprint density at radius 1 is 1.19 bits per heavy atom. The van der Waals surface area contributed by atoms with Crippen LogP contribution in [0.2, 0.25) is 0 Å². The molecule has 90 valence electrons. The number of likely N-dealkylation sites (N-methyl/N-ethyl adjacent to an activating group) is 1. The lowest BCUT2D eigenvalue weighted by Gasteiger charge is -2.15. The third-order valence-corrected chi connectivity index (χ3v) is 3.70. The highest BCUT2D eigenvalue weighted by Crippen LogP contribution is 2.15. The average Bonchev–Trinajstić information content (AvgIpc) is 2.34. The van der Waals surface area contributed by atoms with Gasteiger partial charge in [-0.2, -0.15) is 12.6 Å². The second kappa shape index (κ2) is 8.04. The second-order valence-corrected chi connectivity index (χ2v) is 5.31. The monoisotopic (exact) mass is 255 g/mol. The molecule has 16 heavy (non-hydrogen) atoms. The van der Waals surface area contributed by atoms with Crippen LogP contribution in [-0.4, -0.2) is 37.0 Å². The molecule has 1 nitrogen and oxygen atoms in total. The summed E-state index contributed by atoms with van der Waals surface area (Å²) in [7, 11) is 2.18. The molecule has 0 heterocycles. The Balaban J connectivity index is 2.30. The third-order valence-electron chi connectivity index (χ3n) is 2.64. The Hall–Kier alpha value is -0.120. The van der Waals surface area contributed by atoms with Crippen molar-refractivity contribution in [2.75, 3.05) is 32.1 Å². The normalized spacial score (nSPS) is 11.0. The smallest absolute Gasteiger partial charge is 0.00693 e. The summed E-state index contributed by atoms with van der Waals surface area (Å²) < 4.78 is 0. The van der Waals surface area contributed by atoms with Crippen molar-refractivity contribution in [1.29, 1.82) is 0 Å². The summed E-state index contributed by atoms with van der Waals surface area (Å²) in [5, 5.41) is 0. The van der Waals surface area contributed by atoms with E-state index in [0.29, 0.717) is 0 Å². The summed E-state index contributed by atoms with van der Waals surface area (Å²) >= 11 is 6.02. The van der Waals surface area contributed by atoms with Gasteiger partial charge in [0.2, 0.25) is 0 Å². The number of rotatable bonds is 7. The second-order valence-electron chi connectivity index (χ2n) is 3.98. The molecule has 0 aliphatic heterocycles. The Morgan fingerprint density at radius 3 is 2.44 bits per heavy atom. The molecule has 0 aliphatic carbocycles. The van der Waals surface area contributed by atoms with Crippen LogP contribution in [0.5, 0.6) is 0 Å². The lowest BCUT2D eigenvalue weighted by Crippen LogP contribution is -2.22. The Morgan fingerprint density at radius 2 is 1.88 bits per heavy atom. The van der Waals surface area contributed by atoms with E-state index in [4.69, 9.17) is 0 Å². The van der Waals surface area contributed by atoms with Gasteiger partial charge in [0.25, 0.3) is 0 Å². The molecule has 0 saturated carbocycles. The SMILES string of the molecule is CSc1ccc(CCN(C)CCCS)cc1. The molecule has 0 saturated heterocycles. The number of nitrogens with zero attached hydrogens (tertiary/aromatic N) is 1. The van der Waals surface area contributed by atoms with E-state index in [-0.39, 0.29) is 0 Å². The molecule has 0 radical (unpaired) electrons. The van der Waals surface area contributed by atoms with Crippen molar-refractivity contribution in [2.24, 2.45) is 0 Å². The van der Waals surface area contributed by atoms with Crippen LogP contribution in [0.1, 0.15) is 12.0 Å². The summed E-state index contributed by atoms with van der Waals surface area (Å²) in [6, 6.07) is 8.87. The first-order chi connectivity index (χ1) is 7.76. The highest BCUT2D eigenvalue weighted by atomic mass is 32.2. The van der Waals surface area contributed by atoms with E-state index >= 15 is 0 Å². The minimum Gasteiger partial charge on any atom is -0.306 e. The lowest BCUT2D eigenvalue weighted by molar-refractivity contribution is 0.340. The molecule has 0 unspecified atom stereocenters. The minimum absolute atomic E-state index is 0.979. The van der Waals surface area contributed by atoms with Crippen LogP contribution in [0.4, 0.5) is 0 Å². The number of benzene rings is 1. The van der Waals surface area contributed by atoms with E-state index in [1.54, 1.807) is 11.8 Å². The minimum atomic E-state index is 0.979. The largest absolute Gasteiger partial charge is 0.306 e. The lowest BCUT2D eigenvalue weighted by atomic mass is 10.1. The van der Waals surface area contributed by atoms with Crippen LogP contribution in [-0.2, 0) is 6.42 Å². The fourth-order valence-corrected chi connectivity index (χ4v) is 2.11. The molecule has 0 spiro atoms. The maximum absolute atomic E-state index is 4.23. The van der Waals surface area contributed by atoms with Crippen LogP contribution in [0, 0.1) is 0 Å². The van der Waals surface area contributed by atoms with Gasteiger partial charge in [-0.1, -0.05) is 12.1 Å². The Labute approximate surface area is 109 Å². The standard InChI is InChI=1S/C13H21NS2/c1-14(9-3-11-15)10-8-12-4-6-13(16-2)7-5-12/h4-7,15H,3,8-11H2,1-2H3. The van der Waals surface area contributed by atoms with E-state index < -0.39 is 0 Å². The van der Waals surface area contributed by atoms with Gasteiger partial charge < -0.3 is 4.90 Å². The van der Waals surface area contributed by atoms with Gasteiger partial charge in [0, 0.05) is 11.4 Å². The van der Waals surface area contributed by atoms with Gasteiger partial charge in [0.05, 0.1) is 0 Å². The van der Waals surface area contributed by atoms with Crippen molar-refractivity contribution in [3.8, 4) is 0 Å². The van der Waals surface area contributed by atoms with Gasteiger partial charge >= 0.3 is 0 Å². The van der Waals surface area contributed by atoms with E-state index in [0.717, 1.165) is 25.3 Å². The van der Waals surface area contributed by atoms with Gasteiger partial charge in [-0.15, -0.1) is 11.8 Å². The number of hydrogen-bond donors (Lipinski definition) is 1. The number of thioether (sulfide) groups is 1. The first-order valence-corrected chi connectivity index (χ1v) is 7.54. The molecule has 1 aromatic rings. The topological polar surface area (TPSA) is 3.24 Å². The van der Waals surface area contributed by atoms with Crippen molar-refractivity contribution >= 4 is 24.4 Å². The van der Waals surface area contributed by atoms with Crippen molar-refractivity contribution < 1.29 is 0 Å². The molecule has 0 N–H and O–H groups in total. The van der Waals surface area contributed by atoms with E-state index in [2.05, 4.69) is 55.1 Å². The fraction of sp³-hybridized carbons (Fsp3) is 0.538. The highest BCUT2D eigenvalue weighted by Gasteiger charge is 1.99. The number of hydrogen-bond acceptors (Lipinski definition) is 3. The van der Waals surface area contributed by atoms with Crippen molar-refractivity contribution in [2.45, 2.75) is 17.7 Å². The first kappa shape index (κ1) is 13.9. The Bertz CT molecular complexity index is 284. The molecule has 0 bridgehead atoms. The fourth-order valence-electron chi connectivity index (χ4n) is 1.56. The van der Waals surface area contributed by atoms with Crippen LogP contribution in [0.3, 0.4) is 0 Å². The molecule has 3 heteroatoms. The number of thiol groups is 1. The molecule has 1 aromatic carbocycles. The summed E-state index contributed by atoms with van der Waals surface area (Å²) in [5.41, 5.74) is 1.43. The predicted molar refractivity (Wildman–Crippen MR) is 77.9 cm³/mol. The van der Waals surface area contributed by atoms with Crippen molar-refractivity contribution in [3.63, 3.8) is 0 Å². The summed E-state index contributed by atoms with van der Waals surface area (Å²) in [6.07, 6.45) is 4.42. The zero-order valence-corrected chi connectivity index (χ0v) is 11.9. The zero-order chi connectivity index (χ0) is 11.8. The van der Waals surface area contributed by atoms with Crippen LogP contribution in [0.25, 0.3) is 0 Å². The first-order valence-electron chi connectivity index (χ1n) is 5.68. The summed E-state index contributed by atoms with van der Waals surface area (Å²) in [4.78, 5) is 3.71. The zero-order valence-electron chi connectivity index (χ0n) is 10.1. The average molecular weight is 255 g/mol. The van der Waals surface area contributed by atoms with E-state index in [1.807, 2.05) is 0 Å². The predicted octanol–water partition coefficient (Wildman–Crippen LogP) is 3.20. The van der Waals surface area contributed by atoms with Gasteiger partial charge in [-0.3, -0.25) is 0 Å². The maximum atomic E-state index is 4.23. The molecule has 1 rings (SSSR count). The highest BCUT2D eigenvalue weighted by molar-refractivity contribution is 7.98. The van der Waals surface area contributed by atoms with Crippen molar-refractivity contribution in [1.82, 2.24) is 4.90 Å². The molecule has 0 fully saturated rings. The van der Waals surface area contributed by atoms with Gasteiger partial charge in [0.15, 0.2) is 0 Å². The van der Waals surface area contributed by atoms with Crippen molar-refractivity contribution in [3.05, 3.63) is 29.8 Å². The van der Waals surface area contributed by atoms with Crippen LogP contribution in [0.15, 0.2) is 29.2 Å². The van der Waals surface area contributed by atoms with Crippen LogP contribution >= 0.6 is 24.4 Å². The van der Waals surface area contributed by atoms with Gasteiger partial charge in [-0.05, 0) is 56.1 Å². The molecular weight excluding hydrogens is 234 g/mol. The third kappa shape index (κ3) is 5.28. The van der Waals surface area contributed by atoms with E-state index in [1.165, 1.54) is 16.9 Å². The van der Waals surface area contributed by atoms with Crippen LogP contribution < -0.4 is 0 Å².